The minimum absolute atomic E-state index is 0.0123. The van der Waals surface area contributed by atoms with Gasteiger partial charge in [-0.3, -0.25) is 18.1 Å². The molecule has 0 saturated heterocycles. The normalized spacial score (nSPS) is 11.5. The van der Waals surface area contributed by atoms with E-state index >= 15 is 0 Å². The Morgan fingerprint density at radius 1 is 0.841 bits per heavy atom. The van der Waals surface area contributed by atoms with Crippen molar-refractivity contribution in [3.8, 4) is 11.5 Å². The summed E-state index contributed by atoms with van der Waals surface area (Å²) < 4.78 is 37.2. The summed E-state index contributed by atoms with van der Waals surface area (Å²) in [5, 5.41) is 5.91. The van der Waals surface area contributed by atoms with Crippen LogP contribution in [0, 0.1) is 0 Å². The van der Waals surface area contributed by atoms with Crippen LogP contribution in [0.3, 0.4) is 0 Å². The van der Waals surface area contributed by atoms with Gasteiger partial charge in [0.1, 0.15) is 18.0 Å². The summed E-state index contributed by atoms with van der Waals surface area (Å²) in [6.45, 7) is 0.169. The van der Waals surface area contributed by atoms with Crippen molar-refractivity contribution in [3.05, 3.63) is 103 Å². The molecule has 0 aliphatic carbocycles. The van der Waals surface area contributed by atoms with E-state index in [0.29, 0.717) is 40.5 Å². The van der Waals surface area contributed by atoms with Gasteiger partial charge in [-0.1, -0.05) is 48.5 Å². The van der Waals surface area contributed by atoms with Crippen molar-refractivity contribution < 1.29 is 27.9 Å². The molecule has 0 aliphatic rings. The summed E-state index contributed by atoms with van der Waals surface area (Å²) in [5.74, 6) is 0.838. The molecule has 44 heavy (non-hydrogen) atoms. The summed E-state index contributed by atoms with van der Waals surface area (Å²) in [6.07, 6.45) is 0. The van der Waals surface area contributed by atoms with E-state index in [-0.39, 0.29) is 29.8 Å². The topological polar surface area (TPSA) is 150 Å². The van der Waals surface area contributed by atoms with Crippen LogP contribution in [-0.2, 0) is 27.5 Å². The molecule has 226 valence electrons. The van der Waals surface area contributed by atoms with Gasteiger partial charge in [0.25, 0.3) is 0 Å². The molecule has 0 bridgehead atoms. The second-order valence-corrected chi connectivity index (χ2v) is 10.1. The van der Waals surface area contributed by atoms with Crippen LogP contribution >= 0.6 is 0 Å². The largest absolute Gasteiger partial charge is 0.755 e. The second kappa shape index (κ2) is 14.4. The summed E-state index contributed by atoms with van der Waals surface area (Å²) in [4.78, 5) is 27.3. The first-order valence-corrected chi connectivity index (χ1v) is 14.4. The van der Waals surface area contributed by atoms with Gasteiger partial charge in [0.05, 0.1) is 48.8 Å². The highest BCUT2D eigenvalue weighted by atomic mass is 32.2. The van der Waals surface area contributed by atoms with Gasteiger partial charge in [-0.2, -0.15) is 5.48 Å². The van der Waals surface area contributed by atoms with E-state index < -0.39 is 11.3 Å². The Labute approximate surface area is 256 Å². The summed E-state index contributed by atoms with van der Waals surface area (Å²) in [7, 11) is 3.06. The highest BCUT2D eigenvalue weighted by Crippen LogP contribution is 2.36. The van der Waals surface area contributed by atoms with E-state index in [1.54, 1.807) is 54.6 Å². The third kappa shape index (κ3) is 7.65. The number of rotatable bonds is 13. The molecule has 0 saturated carbocycles. The predicted molar refractivity (Wildman–Crippen MR) is 168 cm³/mol. The summed E-state index contributed by atoms with van der Waals surface area (Å²) in [5.41, 5.74) is 5.75. The number of fused-ring (bicyclic) bond motifs is 1. The van der Waals surface area contributed by atoms with Gasteiger partial charge >= 0.3 is 0 Å². The maximum atomic E-state index is 12.7. The minimum Gasteiger partial charge on any atom is -0.755 e. The highest BCUT2D eigenvalue weighted by Gasteiger charge is 2.21. The molecular formula is C31H29N6O6S-. The molecule has 1 amide bonds. The number of carbonyl (C=O) groups is 1. The number of amides is 1. The number of methoxy groups -OCH3 is 2. The third-order valence-electron chi connectivity index (χ3n) is 6.29. The van der Waals surface area contributed by atoms with Crippen LogP contribution in [0.2, 0.25) is 0 Å². The number of hydrogen-bond acceptors (Lipinski definition) is 10. The van der Waals surface area contributed by atoms with Crippen LogP contribution in [0.1, 0.15) is 5.56 Å². The van der Waals surface area contributed by atoms with Crippen LogP contribution in [0.25, 0.3) is 11.0 Å². The van der Waals surface area contributed by atoms with E-state index in [0.717, 1.165) is 9.87 Å². The number of para-hydroxylation sites is 2. The number of hydroxylamine groups is 1. The maximum absolute atomic E-state index is 12.7. The first-order chi connectivity index (χ1) is 21.4. The molecule has 3 N–H and O–H groups in total. The van der Waals surface area contributed by atoms with Gasteiger partial charge in [0.15, 0.2) is 11.6 Å². The number of anilines is 5. The molecule has 0 aliphatic heterocycles. The zero-order chi connectivity index (χ0) is 30.9. The van der Waals surface area contributed by atoms with Crippen LogP contribution < -0.4 is 29.9 Å². The van der Waals surface area contributed by atoms with Gasteiger partial charge in [-0.15, -0.1) is 0 Å². The first-order valence-electron chi connectivity index (χ1n) is 13.4. The van der Waals surface area contributed by atoms with Crippen LogP contribution in [-0.4, -0.2) is 45.4 Å². The standard InChI is InChI=1S/C31H30N6O6S/c1-41-25-16-23(17-26(18-25)42-2)34-30-31(36-28-14-7-6-13-27(28)35-30)37(44(39)40)24-12-8-11-22(15-24)33-29(38)19-32-43-20-21-9-4-3-5-10-21/h3-18,32H,19-20H2,1-2H3,(H,33,38)(H,34,35)(H,39,40)/p-1. The van der Waals surface area contributed by atoms with Gasteiger partial charge in [-0.25, -0.2) is 9.97 Å². The molecule has 5 rings (SSSR count). The molecule has 0 radical (unpaired) electrons. The van der Waals surface area contributed by atoms with Gasteiger partial charge in [0.2, 0.25) is 5.91 Å². The Kier molecular flexibility index (Phi) is 9.94. The zero-order valence-corrected chi connectivity index (χ0v) is 24.7. The number of carbonyl (C=O) groups excluding carboxylic acids is 1. The third-order valence-corrected chi connectivity index (χ3v) is 6.97. The molecular weight excluding hydrogens is 584 g/mol. The molecule has 1 aromatic heterocycles. The molecule has 1 unspecified atom stereocenters. The molecule has 13 heteroatoms. The van der Waals surface area contributed by atoms with Gasteiger partial charge in [0, 0.05) is 29.6 Å². The smallest absolute Gasteiger partial charge is 0.240 e. The molecule has 4 aromatic carbocycles. The lowest BCUT2D eigenvalue weighted by Gasteiger charge is -2.27. The molecule has 0 fully saturated rings. The van der Waals surface area contributed by atoms with Crippen molar-refractivity contribution in [2.24, 2.45) is 0 Å². The SMILES string of the molecule is COc1cc(Nc2nc3ccccc3nc2N(c2cccc(NC(=O)CNOCc3ccccc3)c2)S(=O)[O-])cc(OC)c1. The fourth-order valence-corrected chi connectivity index (χ4v) is 4.81. The molecule has 1 heterocycles. The number of hydrogen-bond donors (Lipinski definition) is 3. The molecule has 0 spiro atoms. The highest BCUT2D eigenvalue weighted by molar-refractivity contribution is 7.81. The molecule has 5 aromatic rings. The van der Waals surface area contributed by atoms with E-state index in [4.69, 9.17) is 14.3 Å². The van der Waals surface area contributed by atoms with E-state index in [2.05, 4.69) is 26.1 Å². The van der Waals surface area contributed by atoms with Gasteiger partial charge < -0.3 is 24.7 Å². The fourth-order valence-electron chi connectivity index (χ4n) is 4.25. The van der Waals surface area contributed by atoms with E-state index in [1.807, 2.05) is 36.4 Å². The second-order valence-electron chi connectivity index (χ2n) is 9.32. The van der Waals surface area contributed by atoms with Crippen molar-refractivity contribution in [1.29, 1.82) is 0 Å². The Balaban J connectivity index is 1.40. The van der Waals surface area contributed by atoms with Crippen molar-refractivity contribution >= 4 is 56.9 Å². The molecule has 1 atom stereocenters. The lowest BCUT2D eigenvalue weighted by molar-refractivity contribution is -0.118. The van der Waals surface area contributed by atoms with Crippen molar-refractivity contribution in [2.45, 2.75) is 6.61 Å². The monoisotopic (exact) mass is 613 g/mol. The van der Waals surface area contributed by atoms with E-state index in [9.17, 15) is 13.6 Å². The van der Waals surface area contributed by atoms with Crippen LogP contribution in [0.15, 0.2) is 97.1 Å². The fraction of sp³-hybridized carbons (Fsp3) is 0.129. The predicted octanol–water partition coefficient (Wildman–Crippen LogP) is 4.98. The number of nitrogens with one attached hydrogen (secondary N) is 3. The average molecular weight is 614 g/mol. The summed E-state index contributed by atoms with van der Waals surface area (Å²) >= 11 is -2.83. The zero-order valence-electron chi connectivity index (χ0n) is 23.9. The first kappa shape index (κ1) is 30.4. The number of aromatic nitrogens is 2. The van der Waals surface area contributed by atoms with Crippen molar-refractivity contribution in [2.75, 3.05) is 35.7 Å². The number of nitrogens with zero attached hydrogens (tertiary/aromatic N) is 3. The lowest BCUT2D eigenvalue weighted by Crippen LogP contribution is -2.28. The minimum atomic E-state index is -2.83. The van der Waals surface area contributed by atoms with Crippen LogP contribution in [0.5, 0.6) is 11.5 Å². The Hall–Kier alpha value is -5.08. The number of ether oxygens (including phenoxy) is 2. The Morgan fingerprint density at radius 2 is 1.52 bits per heavy atom. The van der Waals surface area contributed by atoms with Crippen molar-refractivity contribution in [1.82, 2.24) is 15.4 Å². The quantitative estimate of drug-likeness (QED) is 0.0942. The van der Waals surface area contributed by atoms with Crippen LogP contribution in [0.4, 0.5) is 28.7 Å². The Bertz CT molecular complexity index is 1750. The molecule has 12 nitrogen and oxygen atoms in total. The van der Waals surface area contributed by atoms with Crippen molar-refractivity contribution in [3.63, 3.8) is 0 Å². The van der Waals surface area contributed by atoms with E-state index in [1.165, 1.54) is 20.3 Å². The average Bonchev–Trinajstić information content (AvgIpc) is 3.03. The van der Waals surface area contributed by atoms with Gasteiger partial charge in [-0.05, 0) is 35.9 Å². The number of benzene rings is 4. The Morgan fingerprint density at radius 3 is 2.20 bits per heavy atom. The lowest BCUT2D eigenvalue weighted by atomic mass is 10.2. The summed E-state index contributed by atoms with van der Waals surface area (Å²) in [6, 6.07) is 28.1. The maximum Gasteiger partial charge on any atom is 0.240 e.